The predicted molar refractivity (Wildman–Crippen MR) is 501 cm³/mol. The van der Waals surface area contributed by atoms with E-state index in [1.807, 2.05) is 364 Å². The van der Waals surface area contributed by atoms with Crippen molar-refractivity contribution in [3.8, 4) is 0 Å². The minimum Gasteiger partial charge on any atom is -0.264 e. The molecule has 0 radical (unpaired) electrons. The van der Waals surface area contributed by atoms with Crippen LogP contribution in [0.4, 0.5) is 0 Å². The summed E-state index contributed by atoms with van der Waals surface area (Å²) >= 11 is 0. The van der Waals surface area contributed by atoms with Crippen LogP contribution in [0.3, 0.4) is 0 Å². The van der Waals surface area contributed by atoms with Crippen LogP contribution in [0.5, 0.6) is 0 Å². The van der Waals surface area contributed by atoms with E-state index in [1.54, 1.807) is 68.2 Å². The second-order valence-electron chi connectivity index (χ2n) is 22.9. The number of fused-ring (bicyclic) bond motifs is 9. The summed E-state index contributed by atoms with van der Waals surface area (Å²) in [6, 6.07) is 47.9. The van der Waals surface area contributed by atoms with Crippen molar-refractivity contribution in [2.75, 3.05) is 0 Å². The Bertz CT molecular complexity index is 4540. The van der Waals surface area contributed by atoms with Crippen molar-refractivity contribution < 1.29 is 0 Å². The Morgan fingerprint density at radius 3 is 1.09 bits per heavy atom. The van der Waals surface area contributed by atoms with Gasteiger partial charge in [-0.25, -0.2) is 19.9 Å². The number of nitrogens with zero attached hydrogens (tertiary/aromatic N) is 18. The third-order valence-electron chi connectivity index (χ3n) is 14.6. The fraction of sp³-hybridized carbons (Fsp3) is 0.273. The molecule has 18 nitrogen and oxygen atoms in total. The highest BCUT2D eigenvalue weighted by Gasteiger charge is 2.00. The first-order valence-electron chi connectivity index (χ1n) is 40.8. The number of hydrogen-bond acceptors (Lipinski definition) is 18. The minimum atomic E-state index is 0.818. The monoisotopic (exact) mass is 1570 g/mol. The number of hydrogen-bond donors (Lipinski definition) is 0. The third-order valence-corrected chi connectivity index (χ3v) is 14.6. The third kappa shape index (κ3) is 37.7. The fourth-order valence-electron chi connectivity index (χ4n) is 9.68. The summed E-state index contributed by atoms with van der Waals surface area (Å²) in [6.45, 7) is 54.0. The van der Waals surface area contributed by atoms with Crippen LogP contribution in [0.15, 0.2) is 276 Å². The van der Waals surface area contributed by atoms with Crippen LogP contribution in [0, 0.1) is 62.3 Å². The molecule has 0 saturated heterocycles. The van der Waals surface area contributed by atoms with Gasteiger partial charge >= 0.3 is 0 Å². The zero-order valence-corrected chi connectivity index (χ0v) is 74.5. The van der Waals surface area contributed by atoms with Gasteiger partial charge in [-0.1, -0.05) is 131 Å². The van der Waals surface area contributed by atoms with Crippen molar-refractivity contribution >= 4 is 98.1 Å². The SMILES string of the molecule is CC.CC.CC.CC.CC.CC.CC.CC.CC.Cc1cc2ccncc2cn1.Cc1cc2cnccc2cn1.Cc1cc2cnccc2cn1.Cc1ccc2cccnc2n1.Cc1ccc2ccncc2n1.Cc1ccc2ncccc2n1.Cc1cnc2ccncc2c1.Cc1cnc2cnccc2c1.Cc1cnc2ncccc2c1. The molecule has 0 unspecified atom stereocenters. The average Bonchev–Trinajstić information content (AvgIpc) is 0.931. The molecule has 18 heterocycles. The van der Waals surface area contributed by atoms with Crippen molar-refractivity contribution in [3.63, 3.8) is 0 Å². The molecule has 18 heteroatoms. The smallest absolute Gasteiger partial charge is 0.159 e. The zero-order chi connectivity index (χ0) is 87.1. The molecule has 0 saturated carbocycles. The van der Waals surface area contributed by atoms with E-state index < -0.39 is 0 Å². The average molecular weight is 1570 g/mol. The van der Waals surface area contributed by atoms with Gasteiger partial charge in [-0.3, -0.25) is 69.8 Å². The maximum Gasteiger partial charge on any atom is 0.159 e. The molecule has 0 amide bonds. The summed E-state index contributed by atoms with van der Waals surface area (Å²) in [5, 5.41) is 12.5. The summed E-state index contributed by atoms with van der Waals surface area (Å²) in [4.78, 5) is 74.5. The molecule has 0 aromatic carbocycles. The minimum absolute atomic E-state index is 0.818. The van der Waals surface area contributed by atoms with E-state index in [-0.39, 0.29) is 0 Å². The standard InChI is InChI=1S/9C9H8N2.9C2H6/c2*1-7-4-9-5-10-3-2-8(9)6-11-7;1-7-4-8-2-3-10-5-9(8)6-11-7;1-7-4-8-6-10-3-2-9(8)11-5-7;1-7-4-8-2-3-10-6-9(8)11-5-7;1-7-2-3-8-4-5-10-6-9(8)11-7;1-7-4-5-8-9(11-7)3-2-6-10-8;1-7-4-5-8-3-2-6-10-9(8)11-7;1-7-5-8-3-2-4-10-9(8)11-6-7;9*1-2/h9*2-6H,1H3;9*1-2H3. The molecule has 0 N–H and O–H groups in total. The molecule has 0 aliphatic heterocycles. The molecule has 18 aromatic rings. The molecule has 0 atom stereocenters. The van der Waals surface area contributed by atoms with E-state index in [0.717, 1.165) is 127 Å². The van der Waals surface area contributed by atoms with Crippen LogP contribution in [0.1, 0.15) is 175 Å². The van der Waals surface area contributed by atoms with Gasteiger partial charge in [-0.05, 0) is 224 Å². The van der Waals surface area contributed by atoms with Gasteiger partial charge in [0, 0.05) is 206 Å². The van der Waals surface area contributed by atoms with Gasteiger partial charge in [0.05, 0.1) is 40.0 Å². The van der Waals surface area contributed by atoms with Crippen molar-refractivity contribution in [2.45, 2.75) is 187 Å². The van der Waals surface area contributed by atoms with E-state index in [0.29, 0.717) is 0 Å². The molecule has 0 bridgehead atoms. The number of aryl methyl sites for hydroxylation is 9. The van der Waals surface area contributed by atoms with E-state index >= 15 is 0 Å². The molecular formula is C99H126N18. The summed E-state index contributed by atoms with van der Waals surface area (Å²) in [6.07, 6.45) is 38.0. The quantitative estimate of drug-likeness (QED) is 0.137. The van der Waals surface area contributed by atoms with E-state index in [1.165, 1.54) is 22.1 Å². The molecule has 0 fully saturated rings. The van der Waals surface area contributed by atoms with Crippen LogP contribution in [-0.4, -0.2) is 89.7 Å². The zero-order valence-electron chi connectivity index (χ0n) is 74.5. The van der Waals surface area contributed by atoms with Crippen molar-refractivity contribution in [1.82, 2.24) is 89.7 Å². The molecule has 117 heavy (non-hydrogen) atoms. The number of pyridine rings is 18. The Morgan fingerprint density at radius 1 is 0.162 bits per heavy atom. The highest BCUT2D eigenvalue weighted by molar-refractivity contribution is 5.83. The Hall–Kier alpha value is -13.0. The van der Waals surface area contributed by atoms with Gasteiger partial charge in [0.15, 0.2) is 11.3 Å². The van der Waals surface area contributed by atoms with Crippen LogP contribution in [0.25, 0.3) is 98.1 Å². The lowest BCUT2D eigenvalue weighted by atomic mass is 10.2. The molecule has 18 aromatic heterocycles. The van der Waals surface area contributed by atoms with Crippen molar-refractivity contribution in [2.24, 2.45) is 0 Å². The topological polar surface area (TPSA) is 232 Å². The van der Waals surface area contributed by atoms with Crippen LogP contribution < -0.4 is 0 Å². The normalized spacial score (nSPS) is 9.15. The second kappa shape index (κ2) is 62.5. The highest BCUT2D eigenvalue weighted by Crippen LogP contribution is 2.17. The summed E-state index contributed by atoms with van der Waals surface area (Å²) in [5.74, 6) is 0. The summed E-state index contributed by atoms with van der Waals surface area (Å²) < 4.78 is 0. The number of rotatable bonds is 0. The van der Waals surface area contributed by atoms with Gasteiger partial charge in [0.1, 0.15) is 0 Å². The Kier molecular flexibility index (Phi) is 54.5. The van der Waals surface area contributed by atoms with Gasteiger partial charge in [-0.15, -0.1) is 0 Å². The first-order valence-corrected chi connectivity index (χ1v) is 40.8. The van der Waals surface area contributed by atoms with Gasteiger partial charge < -0.3 is 0 Å². The maximum absolute atomic E-state index is 4.31. The Morgan fingerprint density at radius 2 is 0.530 bits per heavy atom. The lowest BCUT2D eigenvalue weighted by Gasteiger charge is -1.95. The number of aromatic nitrogens is 18. The van der Waals surface area contributed by atoms with E-state index in [4.69, 9.17) is 0 Å². The summed E-state index contributed by atoms with van der Waals surface area (Å²) in [5.41, 5.74) is 16.2. The van der Waals surface area contributed by atoms with Gasteiger partial charge in [0.2, 0.25) is 0 Å². The first-order chi connectivity index (χ1) is 57.2. The molecular weight excluding hydrogens is 1440 g/mol. The largest absolute Gasteiger partial charge is 0.264 e. The lowest BCUT2D eigenvalue weighted by molar-refractivity contribution is 1.20. The van der Waals surface area contributed by atoms with Gasteiger partial charge in [0.25, 0.3) is 0 Å². The lowest BCUT2D eigenvalue weighted by Crippen LogP contribution is -1.84. The fourth-order valence-corrected chi connectivity index (χ4v) is 9.68. The first kappa shape index (κ1) is 102. The molecule has 612 valence electrons. The van der Waals surface area contributed by atoms with Crippen LogP contribution >= 0.6 is 0 Å². The van der Waals surface area contributed by atoms with Crippen molar-refractivity contribution in [3.05, 3.63) is 327 Å². The molecule has 0 aliphatic rings. The maximum atomic E-state index is 4.31. The summed E-state index contributed by atoms with van der Waals surface area (Å²) in [7, 11) is 0. The molecule has 0 aliphatic carbocycles. The Labute approximate surface area is 697 Å². The van der Waals surface area contributed by atoms with E-state index in [2.05, 4.69) is 120 Å². The van der Waals surface area contributed by atoms with Crippen LogP contribution in [-0.2, 0) is 0 Å². The predicted octanol–water partition coefficient (Wildman–Crippen LogP) is 26.7. The van der Waals surface area contributed by atoms with Crippen molar-refractivity contribution in [1.29, 1.82) is 0 Å². The van der Waals surface area contributed by atoms with Gasteiger partial charge in [-0.2, -0.15) is 0 Å². The second-order valence-corrected chi connectivity index (χ2v) is 22.9. The Balaban J connectivity index is 0.000000642. The molecule has 0 spiro atoms. The highest BCUT2D eigenvalue weighted by atomic mass is 14.8. The van der Waals surface area contributed by atoms with Crippen LogP contribution in [0.2, 0.25) is 0 Å². The molecule has 18 rings (SSSR count). The van der Waals surface area contributed by atoms with E-state index in [9.17, 15) is 0 Å².